The number of phenols is 1. The van der Waals surface area contributed by atoms with Gasteiger partial charge in [0.25, 0.3) is 0 Å². The molecule has 0 saturated heterocycles. The van der Waals surface area contributed by atoms with Crippen molar-refractivity contribution >= 4 is 41.1 Å². The Morgan fingerprint density at radius 2 is 1.27 bits per heavy atom. The van der Waals surface area contributed by atoms with Crippen LogP contribution in [0.25, 0.3) is 0 Å². The quantitative estimate of drug-likeness (QED) is 0.0474. The number of nitriles is 1. The van der Waals surface area contributed by atoms with Crippen molar-refractivity contribution in [2.75, 3.05) is 10.6 Å². The molecule has 51 heavy (non-hydrogen) atoms. The Kier molecular flexibility index (Phi) is 14.1. The Morgan fingerprint density at radius 1 is 0.784 bits per heavy atom. The number of carbonyl (C=O) groups is 4. The van der Waals surface area contributed by atoms with Crippen LogP contribution < -0.4 is 21.3 Å². The van der Waals surface area contributed by atoms with Crippen molar-refractivity contribution in [1.82, 2.24) is 10.6 Å². The van der Waals surface area contributed by atoms with E-state index >= 15 is 0 Å². The molecule has 0 fully saturated rings. The van der Waals surface area contributed by atoms with Crippen LogP contribution in [-0.2, 0) is 32.0 Å². The number of phenolic OH excluding ortho intramolecular Hbond substituents is 1. The predicted molar refractivity (Wildman–Crippen MR) is 194 cm³/mol. The molecule has 3 aromatic carbocycles. The number of anilines is 2. The number of hydrogen-bond donors (Lipinski definition) is 7. The van der Waals surface area contributed by atoms with Gasteiger partial charge in [-0.1, -0.05) is 71.0 Å². The lowest BCUT2D eigenvalue weighted by Crippen LogP contribution is -2.45. The summed E-state index contributed by atoms with van der Waals surface area (Å²) in [5.74, 6) is -3.71. The van der Waals surface area contributed by atoms with Gasteiger partial charge in [0.2, 0.25) is 24.0 Å². The van der Waals surface area contributed by atoms with Gasteiger partial charge in [-0.05, 0) is 70.8 Å². The first-order chi connectivity index (χ1) is 24.0. The van der Waals surface area contributed by atoms with E-state index in [4.69, 9.17) is 5.26 Å². The zero-order valence-corrected chi connectivity index (χ0v) is 29.4. The number of carboxylic acids is 2. The summed E-state index contributed by atoms with van der Waals surface area (Å²) in [5.41, 5.74) is 2.54. The van der Waals surface area contributed by atoms with Gasteiger partial charge in [0, 0.05) is 30.6 Å². The molecule has 3 atom stereocenters. The maximum absolute atomic E-state index is 13.7. The summed E-state index contributed by atoms with van der Waals surface area (Å²) in [5, 5.41) is 50.0. The normalized spacial score (nSPS) is 13.3. The maximum atomic E-state index is 13.7. The Labute approximate surface area is 297 Å². The SMILES string of the molecule is CC(C)CC(C(=O)NC(Cc1ccccc1CC(NC(=O)CC(C)(C)C)C(=O)O)C(=O)O)c1ccc(NC(=NC#N)Nc2ccc(O)cc2)cc1. The molecule has 2 amide bonds. The van der Waals surface area contributed by atoms with E-state index in [-0.39, 0.29) is 42.3 Å². The second-order valence-electron chi connectivity index (χ2n) is 13.9. The fraction of sp³-hybridized carbons (Fsp3) is 0.368. The Bertz CT molecular complexity index is 1740. The van der Waals surface area contributed by atoms with E-state index in [1.807, 2.05) is 34.6 Å². The van der Waals surface area contributed by atoms with E-state index in [2.05, 4.69) is 26.3 Å². The first kappa shape index (κ1) is 39.5. The number of nitrogens with one attached hydrogen (secondary N) is 4. The number of aliphatic imine (C=N–C) groups is 1. The number of carboxylic acid groups (broad SMARTS) is 2. The van der Waals surface area contributed by atoms with Crippen LogP contribution in [0.3, 0.4) is 0 Å². The molecule has 0 saturated carbocycles. The highest BCUT2D eigenvalue weighted by Crippen LogP contribution is 2.27. The average molecular weight is 699 g/mol. The molecule has 7 N–H and O–H groups in total. The van der Waals surface area contributed by atoms with E-state index in [1.54, 1.807) is 66.9 Å². The number of rotatable bonds is 15. The van der Waals surface area contributed by atoms with Crippen molar-refractivity contribution in [3.63, 3.8) is 0 Å². The molecule has 0 spiro atoms. The number of guanidine groups is 1. The van der Waals surface area contributed by atoms with E-state index in [0.717, 1.165) is 0 Å². The smallest absolute Gasteiger partial charge is 0.326 e. The van der Waals surface area contributed by atoms with Gasteiger partial charge in [-0.2, -0.15) is 5.26 Å². The van der Waals surface area contributed by atoms with Crippen molar-refractivity contribution in [2.24, 2.45) is 16.3 Å². The number of hydrogen-bond acceptors (Lipinski definition) is 7. The summed E-state index contributed by atoms with van der Waals surface area (Å²) in [7, 11) is 0. The standard InChI is InChI=1S/C38H46N6O7/c1-23(2)18-30(24-10-12-27(13-11-24)41-37(40-22-39)42-28-14-16-29(45)17-15-28)34(47)44-32(36(50)51)20-26-9-7-6-8-25(26)19-31(35(48)49)43-33(46)21-38(3,4)5/h6-17,23,30-32,45H,18-21H2,1-5H3,(H,43,46)(H,44,47)(H,48,49)(H,50,51)(H2,40,41,42). The molecule has 0 heterocycles. The zero-order valence-electron chi connectivity index (χ0n) is 29.4. The first-order valence-corrected chi connectivity index (χ1v) is 16.6. The van der Waals surface area contributed by atoms with Gasteiger partial charge in [-0.15, -0.1) is 4.99 Å². The third-order valence-corrected chi connectivity index (χ3v) is 7.80. The van der Waals surface area contributed by atoms with Crippen molar-refractivity contribution < 1.29 is 34.5 Å². The van der Waals surface area contributed by atoms with Gasteiger partial charge in [0.1, 0.15) is 17.8 Å². The van der Waals surface area contributed by atoms with E-state index in [9.17, 15) is 34.5 Å². The lowest BCUT2D eigenvalue weighted by molar-refractivity contribution is -0.142. The highest BCUT2D eigenvalue weighted by Gasteiger charge is 2.29. The Morgan fingerprint density at radius 3 is 1.73 bits per heavy atom. The van der Waals surface area contributed by atoms with Gasteiger partial charge in [-0.25, -0.2) is 9.59 Å². The molecular formula is C38H46N6O7. The third-order valence-electron chi connectivity index (χ3n) is 7.80. The highest BCUT2D eigenvalue weighted by molar-refractivity contribution is 6.04. The van der Waals surface area contributed by atoms with Crippen LogP contribution in [0.1, 0.15) is 70.1 Å². The van der Waals surface area contributed by atoms with Gasteiger partial charge in [0.05, 0.1) is 5.92 Å². The summed E-state index contributed by atoms with van der Waals surface area (Å²) in [6.45, 7) is 9.54. The van der Waals surface area contributed by atoms with Crippen LogP contribution in [0.15, 0.2) is 77.8 Å². The minimum absolute atomic E-state index is 0.0662. The molecule has 3 aromatic rings. The van der Waals surface area contributed by atoms with Gasteiger partial charge in [0.15, 0.2) is 0 Å². The molecule has 0 aliphatic rings. The fourth-order valence-electron chi connectivity index (χ4n) is 5.42. The van der Waals surface area contributed by atoms with Gasteiger partial charge < -0.3 is 36.6 Å². The molecule has 3 rings (SSSR count). The monoisotopic (exact) mass is 698 g/mol. The van der Waals surface area contributed by atoms with Crippen LogP contribution in [0.4, 0.5) is 11.4 Å². The number of aromatic hydroxyl groups is 1. The molecule has 3 unspecified atom stereocenters. The number of carbonyl (C=O) groups excluding carboxylic acids is 2. The molecule has 13 nitrogen and oxygen atoms in total. The largest absolute Gasteiger partial charge is 0.508 e. The topological polar surface area (TPSA) is 213 Å². The number of nitrogens with zero attached hydrogens (tertiary/aromatic N) is 2. The summed E-state index contributed by atoms with van der Waals surface area (Å²) in [6, 6.07) is 17.4. The number of aliphatic carboxylic acids is 2. The Hall–Kier alpha value is -5.90. The van der Waals surface area contributed by atoms with Crippen LogP contribution in [0, 0.1) is 22.8 Å². The molecule has 0 aliphatic heterocycles. The molecule has 0 bridgehead atoms. The van der Waals surface area contributed by atoms with E-state index in [1.165, 1.54) is 12.1 Å². The molecule has 270 valence electrons. The fourth-order valence-corrected chi connectivity index (χ4v) is 5.42. The highest BCUT2D eigenvalue weighted by atomic mass is 16.4. The first-order valence-electron chi connectivity index (χ1n) is 16.6. The van der Waals surface area contributed by atoms with Gasteiger partial charge >= 0.3 is 11.9 Å². The van der Waals surface area contributed by atoms with Crippen molar-refractivity contribution in [2.45, 2.75) is 78.3 Å². The van der Waals surface area contributed by atoms with Crippen molar-refractivity contribution in [3.05, 3.63) is 89.5 Å². The van der Waals surface area contributed by atoms with Crippen LogP contribution in [-0.4, -0.2) is 57.1 Å². The summed E-state index contributed by atoms with van der Waals surface area (Å²) in [4.78, 5) is 54.6. The van der Waals surface area contributed by atoms with E-state index < -0.39 is 41.8 Å². The summed E-state index contributed by atoms with van der Waals surface area (Å²) in [6.07, 6.45) is 2.13. The molecule has 13 heteroatoms. The lowest BCUT2D eigenvalue weighted by Gasteiger charge is -2.24. The minimum Gasteiger partial charge on any atom is -0.508 e. The second kappa shape index (κ2) is 18.2. The summed E-state index contributed by atoms with van der Waals surface area (Å²) >= 11 is 0. The van der Waals surface area contributed by atoms with Crippen LogP contribution in [0.2, 0.25) is 0 Å². The van der Waals surface area contributed by atoms with Crippen molar-refractivity contribution in [1.29, 1.82) is 5.26 Å². The molecular weight excluding hydrogens is 652 g/mol. The Balaban J connectivity index is 1.77. The number of benzene rings is 3. The summed E-state index contributed by atoms with van der Waals surface area (Å²) < 4.78 is 0. The van der Waals surface area contributed by atoms with E-state index in [0.29, 0.717) is 34.5 Å². The predicted octanol–water partition coefficient (Wildman–Crippen LogP) is 5.24. The van der Waals surface area contributed by atoms with Crippen molar-refractivity contribution in [3.8, 4) is 11.9 Å². The molecule has 0 aromatic heterocycles. The molecule has 0 radical (unpaired) electrons. The second-order valence-corrected chi connectivity index (χ2v) is 13.9. The maximum Gasteiger partial charge on any atom is 0.326 e. The third kappa shape index (κ3) is 13.1. The minimum atomic E-state index is -1.32. The van der Waals surface area contributed by atoms with Crippen LogP contribution >= 0.6 is 0 Å². The number of amides is 2. The van der Waals surface area contributed by atoms with Crippen LogP contribution in [0.5, 0.6) is 5.75 Å². The molecule has 0 aliphatic carbocycles. The van der Waals surface area contributed by atoms with Gasteiger partial charge in [-0.3, -0.25) is 9.59 Å². The lowest BCUT2D eigenvalue weighted by atomic mass is 9.88. The average Bonchev–Trinajstić information content (AvgIpc) is 3.04. The zero-order chi connectivity index (χ0) is 37.7.